The van der Waals surface area contributed by atoms with Gasteiger partial charge < -0.3 is 19.7 Å². The summed E-state index contributed by atoms with van der Waals surface area (Å²) in [5.41, 5.74) is 1.72. The summed E-state index contributed by atoms with van der Waals surface area (Å²) in [6.07, 6.45) is -0.510. The van der Waals surface area contributed by atoms with Crippen LogP contribution in [0.2, 0.25) is 0 Å². The molecular formula is C13H24N2O3. The van der Waals surface area contributed by atoms with Crippen LogP contribution in [-0.4, -0.2) is 35.1 Å². The maximum absolute atomic E-state index is 9.75. The van der Waals surface area contributed by atoms with E-state index in [1.54, 1.807) is 0 Å². The Kier molecular flexibility index (Phi) is 5.31. The lowest BCUT2D eigenvalue weighted by atomic mass is 10.2. The van der Waals surface area contributed by atoms with Crippen LogP contribution in [0.1, 0.15) is 37.8 Å². The number of aromatic nitrogens is 1. The summed E-state index contributed by atoms with van der Waals surface area (Å²) in [4.78, 5) is 0. The zero-order valence-electron chi connectivity index (χ0n) is 11.9. The van der Waals surface area contributed by atoms with Gasteiger partial charge in [0.15, 0.2) is 0 Å². The summed E-state index contributed by atoms with van der Waals surface area (Å²) in [6, 6.07) is 0. The molecule has 5 heteroatoms. The van der Waals surface area contributed by atoms with E-state index in [4.69, 9.17) is 9.26 Å². The smallest absolute Gasteiger partial charge is 0.138 e. The molecule has 1 aromatic heterocycles. The van der Waals surface area contributed by atoms with Crippen molar-refractivity contribution in [3.63, 3.8) is 0 Å². The number of aliphatic hydroxyl groups is 1. The lowest BCUT2D eigenvalue weighted by Crippen LogP contribution is -2.33. The maximum atomic E-state index is 9.75. The Bertz CT molecular complexity index is 349. The molecule has 0 saturated carbocycles. The van der Waals surface area contributed by atoms with Crippen LogP contribution in [0.25, 0.3) is 0 Å². The molecule has 0 aromatic carbocycles. The lowest BCUT2D eigenvalue weighted by Gasteiger charge is -2.22. The van der Waals surface area contributed by atoms with Crippen molar-refractivity contribution in [1.82, 2.24) is 10.5 Å². The van der Waals surface area contributed by atoms with Gasteiger partial charge in [-0.2, -0.15) is 0 Å². The first-order valence-electron chi connectivity index (χ1n) is 6.24. The van der Waals surface area contributed by atoms with E-state index < -0.39 is 6.10 Å². The molecule has 1 unspecified atom stereocenters. The molecule has 0 spiro atoms. The zero-order chi connectivity index (χ0) is 13.8. The molecule has 0 aliphatic heterocycles. The van der Waals surface area contributed by atoms with Gasteiger partial charge in [0.2, 0.25) is 0 Å². The lowest BCUT2D eigenvalue weighted by molar-refractivity contribution is -0.0479. The minimum Gasteiger partial charge on any atom is -0.389 e. The number of aryl methyl sites for hydroxylation is 2. The molecule has 1 heterocycles. The SMILES string of the molecule is Cc1noc(C)c1CNCC(O)COC(C)(C)C. The molecule has 104 valence electrons. The van der Waals surface area contributed by atoms with Gasteiger partial charge in [-0.1, -0.05) is 5.16 Å². The summed E-state index contributed by atoms with van der Waals surface area (Å²) >= 11 is 0. The van der Waals surface area contributed by atoms with Crippen LogP contribution in [0.4, 0.5) is 0 Å². The largest absolute Gasteiger partial charge is 0.389 e. The summed E-state index contributed by atoms with van der Waals surface area (Å²) in [5.74, 6) is 0.820. The third kappa shape index (κ3) is 5.16. The molecule has 0 amide bonds. The number of ether oxygens (including phenoxy) is 1. The number of nitrogens with one attached hydrogen (secondary N) is 1. The normalized spacial score (nSPS) is 13.9. The topological polar surface area (TPSA) is 67.5 Å². The second kappa shape index (κ2) is 6.31. The van der Waals surface area contributed by atoms with Crippen molar-refractivity contribution in [2.24, 2.45) is 0 Å². The number of rotatable bonds is 6. The highest BCUT2D eigenvalue weighted by molar-refractivity contribution is 5.20. The Balaban J connectivity index is 2.26. The van der Waals surface area contributed by atoms with Crippen molar-refractivity contribution in [2.45, 2.75) is 52.9 Å². The Morgan fingerprint density at radius 3 is 2.56 bits per heavy atom. The van der Waals surface area contributed by atoms with Gasteiger partial charge in [-0.05, 0) is 34.6 Å². The van der Waals surface area contributed by atoms with E-state index in [1.807, 2.05) is 34.6 Å². The molecule has 1 aromatic rings. The summed E-state index contributed by atoms with van der Waals surface area (Å²) in [6.45, 7) is 11.2. The molecular weight excluding hydrogens is 232 g/mol. The van der Waals surface area contributed by atoms with E-state index >= 15 is 0 Å². The molecule has 0 fully saturated rings. The van der Waals surface area contributed by atoms with E-state index in [0.29, 0.717) is 19.7 Å². The number of aliphatic hydroxyl groups excluding tert-OH is 1. The highest BCUT2D eigenvalue weighted by Crippen LogP contribution is 2.11. The fourth-order valence-electron chi connectivity index (χ4n) is 1.52. The quantitative estimate of drug-likeness (QED) is 0.808. The average Bonchev–Trinajstić information content (AvgIpc) is 2.57. The highest BCUT2D eigenvalue weighted by atomic mass is 16.5. The van der Waals surface area contributed by atoms with Crippen molar-refractivity contribution in [3.8, 4) is 0 Å². The monoisotopic (exact) mass is 256 g/mol. The van der Waals surface area contributed by atoms with Crippen LogP contribution in [0, 0.1) is 13.8 Å². The third-order valence-electron chi connectivity index (χ3n) is 2.57. The number of nitrogens with zero attached hydrogens (tertiary/aromatic N) is 1. The minimum absolute atomic E-state index is 0.220. The number of hydrogen-bond donors (Lipinski definition) is 2. The molecule has 0 aliphatic rings. The van der Waals surface area contributed by atoms with Crippen LogP contribution in [-0.2, 0) is 11.3 Å². The minimum atomic E-state index is -0.510. The fourth-order valence-corrected chi connectivity index (χ4v) is 1.52. The second-order valence-corrected chi connectivity index (χ2v) is 5.51. The van der Waals surface area contributed by atoms with Gasteiger partial charge in [-0.3, -0.25) is 0 Å². The van der Waals surface area contributed by atoms with Crippen LogP contribution in [0.5, 0.6) is 0 Å². The van der Waals surface area contributed by atoms with Gasteiger partial charge in [0.25, 0.3) is 0 Å². The Morgan fingerprint density at radius 2 is 2.06 bits per heavy atom. The van der Waals surface area contributed by atoms with Gasteiger partial charge in [0, 0.05) is 18.7 Å². The Labute approximate surface area is 109 Å². The molecule has 18 heavy (non-hydrogen) atoms. The van der Waals surface area contributed by atoms with Gasteiger partial charge in [0.1, 0.15) is 5.76 Å². The third-order valence-corrected chi connectivity index (χ3v) is 2.57. The van der Waals surface area contributed by atoms with Crippen LogP contribution in [0.15, 0.2) is 4.52 Å². The average molecular weight is 256 g/mol. The van der Waals surface area contributed by atoms with E-state index in [1.165, 1.54) is 0 Å². The van der Waals surface area contributed by atoms with Crippen molar-refractivity contribution in [2.75, 3.05) is 13.2 Å². The molecule has 2 N–H and O–H groups in total. The summed E-state index contributed by atoms with van der Waals surface area (Å²) in [7, 11) is 0. The van der Waals surface area contributed by atoms with Crippen LogP contribution < -0.4 is 5.32 Å². The predicted molar refractivity (Wildman–Crippen MR) is 69.4 cm³/mol. The maximum Gasteiger partial charge on any atom is 0.138 e. The summed E-state index contributed by atoms with van der Waals surface area (Å²) in [5, 5.41) is 16.8. The van der Waals surface area contributed by atoms with E-state index in [-0.39, 0.29) is 5.60 Å². The van der Waals surface area contributed by atoms with Crippen LogP contribution in [0.3, 0.4) is 0 Å². The first-order valence-corrected chi connectivity index (χ1v) is 6.24. The first kappa shape index (κ1) is 15.1. The van der Waals surface area contributed by atoms with Crippen molar-refractivity contribution in [1.29, 1.82) is 0 Å². The van der Waals surface area contributed by atoms with E-state index in [9.17, 15) is 5.11 Å². The van der Waals surface area contributed by atoms with Crippen molar-refractivity contribution < 1.29 is 14.4 Å². The zero-order valence-corrected chi connectivity index (χ0v) is 11.9. The molecule has 0 aliphatic carbocycles. The molecule has 0 saturated heterocycles. The van der Waals surface area contributed by atoms with Gasteiger partial charge in [-0.15, -0.1) is 0 Å². The Morgan fingerprint density at radius 1 is 1.39 bits per heavy atom. The molecule has 5 nitrogen and oxygen atoms in total. The van der Waals surface area contributed by atoms with E-state index in [0.717, 1.165) is 17.0 Å². The second-order valence-electron chi connectivity index (χ2n) is 5.51. The van der Waals surface area contributed by atoms with Gasteiger partial charge in [-0.25, -0.2) is 0 Å². The molecule has 1 rings (SSSR count). The predicted octanol–water partition coefficient (Wildman–Crippen LogP) is 1.56. The highest BCUT2D eigenvalue weighted by Gasteiger charge is 2.14. The number of hydrogen-bond acceptors (Lipinski definition) is 5. The van der Waals surface area contributed by atoms with Gasteiger partial charge >= 0.3 is 0 Å². The standard InChI is InChI=1S/C13H24N2O3/c1-9-12(10(2)18-15-9)7-14-6-11(16)8-17-13(3,4)5/h11,14,16H,6-8H2,1-5H3. The van der Waals surface area contributed by atoms with Crippen LogP contribution >= 0.6 is 0 Å². The first-order chi connectivity index (χ1) is 8.29. The molecule has 1 atom stereocenters. The van der Waals surface area contributed by atoms with Gasteiger partial charge in [0.05, 0.1) is 24.0 Å². The molecule has 0 bridgehead atoms. The van der Waals surface area contributed by atoms with Crippen molar-refractivity contribution >= 4 is 0 Å². The van der Waals surface area contributed by atoms with Crippen molar-refractivity contribution in [3.05, 3.63) is 17.0 Å². The summed E-state index contributed by atoms with van der Waals surface area (Å²) < 4.78 is 10.6. The molecule has 0 radical (unpaired) electrons. The fraction of sp³-hybridized carbons (Fsp3) is 0.769. The van der Waals surface area contributed by atoms with E-state index in [2.05, 4.69) is 10.5 Å². The Hall–Kier alpha value is -0.910.